The van der Waals surface area contributed by atoms with E-state index in [0.29, 0.717) is 17.0 Å². The van der Waals surface area contributed by atoms with Crippen LogP contribution in [0.5, 0.6) is 0 Å². The first-order valence-corrected chi connectivity index (χ1v) is 9.34. The van der Waals surface area contributed by atoms with Gasteiger partial charge in [0.15, 0.2) is 9.84 Å². The molecule has 0 aromatic heterocycles. The summed E-state index contributed by atoms with van der Waals surface area (Å²) < 4.78 is 24.4. The van der Waals surface area contributed by atoms with Gasteiger partial charge in [0, 0.05) is 12.1 Å². The van der Waals surface area contributed by atoms with Crippen LogP contribution in [0, 0.1) is 0 Å². The first-order valence-electron chi connectivity index (χ1n) is 7.68. The zero-order valence-corrected chi connectivity index (χ0v) is 14.0. The van der Waals surface area contributed by atoms with Gasteiger partial charge in [-0.15, -0.1) is 0 Å². The van der Waals surface area contributed by atoms with E-state index in [1.54, 1.807) is 19.1 Å². The molecule has 1 fully saturated rings. The Morgan fingerprint density at radius 2 is 1.95 bits per heavy atom. The molecule has 1 N–H and O–H groups in total. The Labute approximate surface area is 128 Å². The highest BCUT2D eigenvalue weighted by Crippen LogP contribution is 2.28. The average molecular weight is 310 g/mol. The van der Waals surface area contributed by atoms with Crippen LogP contribution in [0.1, 0.15) is 32.6 Å². The lowest BCUT2D eigenvalue weighted by Crippen LogP contribution is -2.38. The molecule has 0 bridgehead atoms. The molecule has 2 atom stereocenters. The molecule has 0 aliphatic heterocycles. The van der Waals surface area contributed by atoms with E-state index in [2.05, 4.69) is 24.3 Å². The van der Waals surface area contributed by atoms with Crippen molar-refractivity contribution < 1.29 is 8.42 Å². The lowest BCUT2D eigenvalue weighted by atomic mass is 9.90. The van der Waals surface area contributed by atoms with Crippen molar-refractivity contribution in [3.63, 3.8) is 0 Å². The van der Waals surface area contributed by atoms with Gasteiger partial charge in [0.25, 0.3) is 0 Å². The fourth-order valence-corrected chi connectivity index (χ4v) is 4.06. The van der Waals surface area contributed by atoms with Gasteiger partial charge in [0.2, 0.25) is 0 Å². The van der Waals surface area contributed by atoms with Crippen molar-refractivity contribution in [1.29, 1.82) is 0 Å². The van der Waals surface area contributed by atoms with E-state index in [0.717, 1.165) is 18.5 Å². The van der Waals surface area contributed by atoms with Crippen molar-refractivity contribution in [2.75, 3.05) is 25.2 Å². The lowest BCUT2D eigenvalue weighted by molar-refractivity contribution is 0.219. The highest BCUT2D eigenvalue weighted by atomic mass is 32.2. The number of anilines is 1. The van der Waals surface area contributed by atoms with Crippen LogP contribution >= 0.6 is 0 Å². The second kappa shape index (κ2) is 6.79. The van der Waals surface area contributed by atoms with Crippen molar-refractivity contribution in [3.05, 3.63) is 24.3 Å². The fraction of sp³-hybridized carbons (Fsp3) is 0.625. The molecule has 2 unspecified atom stereocenters. The zero-order chi connectivity index (χ0) is 15.5. The fourth-order valence-electron chi connectivity index (χ4n) is 3.00. The van der Waals surface area contributed by atoms with Crippen LogP contribution in [0.25, 0.3) is 0 Å². The molecule has 0 saturated heterocycles. The Morgan fingerprint density at radius 3 is 2.62 bits per heavy atom. The van der Waals surface area contributed by atoms with E-state index in [1.165, 1.54) is 12.8 Å². The third-order valence-electron chi connectivity index (χ3n) is 4.34. The molecule has 1 aliphatic carbocycles. The minimum atomic E-state index is -3.18. The van der Waals surface area contributed by atoms with E-state index in [4.69, 9.17) is 0 Å². The molecule has 5 heteroatoms. The van der Waals surface area contributed by atoms with Crippen molar-refractivity contribution in [2.45, 2.75) is 49.6 Å². The predicted molar refractivity (Wildman–Crippen MR) is 87.5 cm³/mol. The average Bonchev–Trinajstić information content (AvgIpc) is 2.48. The standard InChI is InChI=1S/C16H26N2O2S/c1-4-21(19,20)16-11-6-5-10-15(16)17-13-8-7-9-14(12-13)18(2)3/h5-6,10-11,13-14,17H,4,7-9,12H2,1-3H3. The third-order valence-corrected chi connectivity index (χ3v) is 6.12. The Kier molecular flexibility index (Phi) is 5.27. The molecule has 1 aromatic carbocycles. The molecule has 1 aromatic rings. The molecule has 0 spiro atoms. The van der Waals surface area contributed by atoms with Crippen molar-refractivity contribution in [3.8, 4) is 0 Å². The summed E-state index contributed by atoms with van der Waals surface area (Å²) in [5.41, 5.74) is 0.753. The van der Waals surface area contributed by atoms with Gasteiger partial charge in [-0.3, -0.25) is 0 Å². The van der Waals surface area contributed by atoms with Crippen LogP contribution in [0.2, 0.25) is 0 Å². The van der Waals surface area contributed by atoms with E-state index < -0.39 is 9.84 Å². The summed E-state index contributed by atoms with van der Waals surface area (Å²) in [5.74, 6) is 0.136. The second-order valence-corrected chi connectivity index (χ2v) is 8.27. The summed E-state index contributed by atoms with van der Waals surface area (Å²) in [6.07, 6.45) is 4.57. The molecule has 2 rings (SSSR count). The Hall–Kier alpha value is -1.07. The maximum Gasteiger partial charge on any atom is 0.180 e. The van der Waals surface area contributed by atoms with E-state index >= 15 is 0 Å². The summed E-state index contributed by atoms with van der Waals surface area (Å²) in [7, 11) is 1.04. The Bertz CT molecular complexity index is 569. The molecule has 4 nitrogen and oxygen atoms in total. The zero-order valence-electron chi connectivity index (χ0n) is 13.2. The molecular weight excluding hydrogens is 284 g/mol. The normalized spacial score (nSPS) is 23.2. The molecule has 1 saturated carbocycles. The number of hydrogen-bond donors (Lipinski definition) is 1. The minimum Gasteiger partial charge on any atom is -0.381 e. The molecule has 21 heavy (non-hydrogen) atoms. The Balaban J connectivity index is 2.17. The van der Waals surface area contributed by atoms with Gasteiger partial charge in [-0.1, -0.05) is 19.1 Å². The van der Waals surface area contributed by atoms with Gasteiger partial charge in [-0.25, -0.2) is 8.42 Å². The van der Waals surface area contributed by atoms with Gasteiger partial charge in [0.1, 0.15) is 0 Å². The van der Waals surface area contributed by atoms with Crippen LogP contribution in [0.15, 0.2) is 29.2 Å². The van der Waals surface area contributed by atoms with Crippen molar-refractivity contribution in [1.82, 2.24) is 4.90 Å². The maximum absolute atomic E-state index is 12.2. The van der Waals surface area contributed by atoms with E-state index in [9.17, 15) is 8.42 Å². The minimum absolute atomic E-state index is 0.136. The van der Waals surface area contributed by atoms with Gasteiger partial charge in [0.05, 0.1) is 16.3 Å². The molecular formula is C16H26N2O2S. The number of hydrogen-bond acceptors (Lipinski definition) is 4. The molecule has 1 aliphatic rings. The summed E-state index contributed by atoms with van der Waals surface area (Å²) >= 11 is 0. The predicted octanol–water partition coefficient (Wildman–Crippen LogP) is 2.76. The summed E-state index contributed by atoms with van der Waals surface area (Å²) in [6, 6.07) is 8.18. The number of para-hydroxylation sites is 1. The number of benzene rings is 1. The van der Waals surface area contributed by atoms with Gasteiger partial charge in [-0.2, -0.15) is 0 Å². The van der Waals surface area contributed by atoms with E-state index in [1.807, 2.05) is 12.1 Å². The van der Waals surface area contributed by atoms with Crippen molar-refractivity contribution in [2.24, 2.45) is 0 Å². The Morgan fingerprint density at radius 1 is 1.24 bits per heavy atom. The molecule has 118 valence electrons. The monoisotopic (exact) mass is 310 g/mol. The number of nitrogens with zero attached hydrogens (tertiary/aromatic N) is 1. The number of nitrogens with one attached hydrogen (secondary N) is 1. The first-order chi connectivity index (χ1) is 9.94. The topological polar surface area (TPSA) is 49.4 Å². The van der Waals surface area contributed by atoms with Crippen LogP contribution < -0.4 is 5.32 Å². The second-order valence-electron chi connectivity index (χ2n) is 6.02. The third kappa shape index (κ3) is 3.98. The highest BCUT2D eigenvalue weighted by molar-refractivity contribution is 7.91. The van der Waals surface area contributed by atoms with Crippen molar-refractivity contribution >= 4 is 15.5 Å². The van der Waals surface area contributed by atoms with Gasteiger partial charge in [-0.05, 0) is 51.9 Å². The van der Waals surface area contributed by atoms with Crippen LogP contribution in [0.4, 0.5) is 5.69 Å². The van der Waals surface area contributed by atoms with E-state index in [-0.39, 0.29) is 5.75 Å². The van der Waals surface area contributed by atoms with Crippen LogP contribution in [-0.2, 0) is 9.84 Å². The molecule has 0 amide bonds. The summed E-state index contributed by atoms with van der Waals surface area (Å²) in [6.45, 7) is 1.69. The largest absolute Gasteiger partial charge is 0.381 e. The highest BCUT2D eigenvalue weighted by Gasteiger charge is 2.25. The lowest BCUT2D eigenvalue weighted by Gasteiger charge is -2.34. The van der Waals surface area contributed by atoms with Crippen LogP contribution in [0.3, 0.4) is 0 Å². The van der Waals surface area contributed by atoms with Gasteiger partial charge >= 0.3 is 0 Å². The summed E-state index contributed by atoms with van der Waals surface area (Å²) in [5, 5.41) is 3.47. The van der Waals surface area contributed by atoms with Crippen LogP contribution in [-0.4, -0.2) is 45.2 Å². The van der Waals surface area contributed by atoms with Gasteiger partial charge < -0.3 is 10.2 Å². The summed E-state index contributed by atoms with van der Waals surface area (Å²) in [4.78, 5) is 2.70. The molecule has 0 radical (unpaired) electrons. The number of sulfone groups is 1. The smallest absolute Gasteiger partial charge is 0.180 e. The number of rotatable bonds is 5. The molecule has 0 heterocycles. The maximum atomic E-state index is 12.2. The first kappa shape index (κ1) is 16.3. The SMILES string of the molecule is CCS(=O)(=O)c1ccccc1NC1CCCC(N(C)C)C1. The quantitative estimate of drug-likeness (QED) is 0.908.